The maximum atomic E-state index is 13.4. The molecule has 2 atom stereocenters. The molecule has 29 heavy (non-hydrogen) atoms. The first-order valence-electron chi connectivity index (χ1n) is 9.90. The number of methoxy groups -OCH3 is 1. The van der Waals surface area contributed by atoms with Gasteiger partial charge in [-0.3, -0.25) is 4.79 Å². The molecule has 0 aromatic heterocycles. The number of hydrogen-bond acceptors (Lipinski definition) is 5. The van der Waals surface area contributed by atoms with Crippen LogP contribution in [0.5, 0.6) is 11.5 Å². The van der Waals surface area contributed by atoms with Crippen molar-refractivity contribution in [1.29, 1.82) is 0 Å². The lowest BCUT2D eigenvalue weighted by Gasteiger charge is -2.39. The molecule has 2 aliphatic heterocycles. The van der Waals surface area contributed by atoms with E-state index in [0.29, 0.717) is 30.2 Å². The Morgan fingerprint density at radius 2 is 2.14 bits per heavy atom. The molecule has 2 heterocycles. The van der Waals surface area contributed by atoms with Crippen molar-refractivity contribution in [3.8, 4) is 11.5 Å². The van der Waals surface area contributed by atoms with Crippen LogP contribution < -0.4 is 14.8 Å². The molecule has 2 aromatic rings. The summed E-state index contributed by atoms with van der Waals surface area (Å²) in [6.07, 6.45) is 1.72. The number of rotatable bonds is 6. The predicted molar refractivity (Wildman–Crippen MR) is 115 cm³/mol. The van der Waals surface area contributed by atoms with Gasteiger partial charge in [0.1, 0.15) is 6.17 Å². The van der Waals surface area contributed by atoms with Crippen LogP contribution in [-0.4, -0.2) is 43.8 Å². The van der Waals surface area contributed by atoms with Crippen LogP contribution in [0, 0.1) is 0 Å². The highest BCUT2D eigenvalue weighted by Crippen LogP contribution is 2.41. The molecule has 0 spiro atoms. The van der Waals surface area contributed by atoms with Crippen LogP contribution in [0.15, 0.2) is 40.9 Å². The first-order chi connectivity index (χ1) is 14.1. The molecule has 1 amide bonds. The van der Waals surface area contributed by atoms with Crippen LogP contribution in [-0.2, 0) is 4.74 Å². The fraction of sp³-hybridized carbons (Fsp3) is 0.409. The summed E-state index contributed by atoms with van der Waals surface area (Å²) in [5.74, 6) is 1.29. The van der Waals surface area contributed by atoms with Crippen molar-refractivity contribution in [3.05, 3.63) is 52.0 Å². The molecular formula is C22H25BrN2O4. The summed E-state index contributed by atoms with van der Waals surface area (Å²) in [5, 5.41) is 3.53. The lowest BCUT2D eigenvalue weighted by molar-refractivity contribution is 0.0426. The van der Waals surface area contributed by atoms with E-state index in [4.69, 9.17) is 14.2 Å². The Morgan fingerprint density at radius 3 is 2.86 bits per heavy atom. The zero-order valence-electron chi connectivity index (χ0n) is 16.6. The van der Waals surface area contributed by atoms with Crippen LogP contribution in [0.25, 0.3) is 0 Å². The largest absolute Gasteiger partial charge is 0.493 e. The smallest absolute Gasteiger partial charge is 0.257 e. The van der Waals surface area contributed by atoms with Gasteiger partial charge in [-0.1, -0.05) is 12.1 Å². The number of nitrogens with zero attached hydrogens (tertiary/aromatic N) is 1. The normalized spacial score (nSPS) is 20.9. The Bertz CT molecular complexity index is 898. The minimum Gasteiger partial charge on any atom is -0.493 e. The van der Waals surface area contributed by atoms with Gasteiger partial charge in [0.05, 0.1) is 29.9 Å². The van der Waals surface area contributed by atoms with Crippen molar-refractivity contribution in [1.82, 2.24) is 4.90 Å². The molecule has 0 bridgehead atoms. The number of carbonyl (C=O) groups is 1. The fourth-order valence-electron chi connectivity index (χ4n) is 3.93. The van der Waals surface area contributed by atoms with Crippen LogP contribution in [0.4, 0.5) is 5.69 Å². The number of hydrogen-bond donors (Lipinski definition) is 1. The lowest BCUT2D eigenvalue weighted by atomic mass is 10.0. The Hall–Kier alpha value is -2.25. The Morgan fingerprint density at radius 1 is 1.31 bits per heavy atom. The van der Waals surface area contributed by atoms with Crippen LogP contribution in [0.3, 0.4) is 0 Å². The van der Waals surface area contributed by atoms with Gasteiger partial charge in [-0.15, -0.1) is 0 Å². The summed E-state index contributed by atoms with van der Waals surface area (Å²) in [7, 11) is 1.62. The summed E-state index contributed by atoms with van der Waals surface area (Å²) >= 11 is 3.60. The molecule has 154 valence electrons. The Labute approximate surface area is 179 Å². The van der Waals surface area contributed by atoms with E-state index in [1.165, 1.54) is 0 Å². The number of halogens is 1. The molecule has 0 aliphatic carbocycles. The Balaban J connectivity index is 1.74. The third-order valence-corrected chi connectivity index (χ3v) is 5.89. The standard InChI is InChI=1S/C22H25BrN2O4/c1-3-28-20-17(23)11-14(12-19(20)27-2)21-24-18-9-5-4-8-16(18)22(26)25(21)13-15-7-6-10-29-15/h4-5,8-9,11-12,15,21,24H,3,6-7,10,13H2,1-2H3. The van der Waals surface area contributed by atoms with Gasteiger partial charge in [-0.2, -0.15) is 0 Å². The highest BCUT2D eigenvalue weighted by Gasteiger charge is 2.35. The average Bonchev–Trinajstić information content (AvgIpc) is 3.24. The molecule has 0 radical (unpaired) electrons. The molecule has 1 fully saturated rings. The van der Waals surface area contributed by atoms with E-state index in [1.807, 2.05) is 48.2 Å². The summed E-state index contributed by atoms with van der Waals surface area (Å²) in [6.45, 7) is 3.76. The second-order valence-electron chi connectivity index (χ2n) is 7.15. The van der Waals surface area contributed by atoms with Crippen LogP contribution in [0.1, 0.15) is 41.9 Å². The minimum absolute atomic E-state index is 0.00354. The van der Waals surface area contributed by atoms with Crippen molar-refractivity contribution in [3.63, 3.8) is 0 Å². The number of fused-ring (bicyclic) bond motifs is 1. The van der Waals surface area contributed by atoms with Gasteiger partial charge in [-0.05, 0) is 65.5 Å². The quantitative estimate of drug-likeness (QED) is 0.682. The summed E-state index contributed by atoms with van der Waals surface area (Å²) in [4.78, 5) is 15.2. The highest BCUT2D eigenvalue weighted by molar-refractivity contribution is 9.10. The maximum absolute atomic E-state index is 13.4. The first kappa shape index (κ1) is 20.0. The Kier molecular flexibility index (Phi) is 5.96. The van der Waals surface area contributed by atoms with Crippen molar-refractivity contribution in [2.45, 2.75) is 32.0 Å². The second kappa shape index (κ2) is 8.63. The van der Waals surface area contributed by atoms with E-state index in [9.17, 15) is 4.79 Å². The predicted octanol–water partition coefficient (Wildman–Crippen LogP) is 4.60. The van der Waals surface area contributed by atoms with E-state index in [0.717, 1.165) is 35.2 Å². The molecule has 2 unspecified atom stereocenters. The molecule has 2 aromatic carbocycles. The average molecular weight is 461 g/mol. The van der Waals surface area contributed by atoms with Gasteiger partial charge in [0.15, 0.2) is 11.5 Å². The summed E-state index contributed by atoms with van der Waals surface area (Å²) in [6, 6.07) is 11.5. The molecule has 2 aliphatic rings. The van der Waals surface area contributed by atoms with Gasteiger partial charge in [0, 0.05) is 18.8 Å². The zero-order chi connectivity index (χ0) is 20.4. The van der Waals surface area contributed by atoms with Crippen molar-refractivity contribution < 1.29 is 19.0 Å². The third-order valence-electron chi connectivity index (χ3n) is 5.30. The van der Waals surface area contributed by atoms with E-state index in [2.05, 4.69) is 21.2 Å². The molecule has 4 rings (SSSR count). The number of ether oxygens (including phenoxy) is 3. The number of anilines is 1. The van der Waals surface area contributed by atoms with E-state index in [1.54, 1.807) is 7.11 Å². The molecule has 7 heteroatoms. The number of amides is 1. The molecule has 0 saturated carbocycles. The van der Waals surface area contributed by atoms with Crippen molar-refractivity contribution in [2.24, 2.45) is 0 Å². The SMILES string of the molecule is CCOc1c(Br)cc(C2Nc3ccccc3C(=O)N2CC2CCCO2)cc1OC. The molecule has 6 nitrogen and oxygen atoms in total. The van der Waals surface area contributed by atoms with Crippen LogP contribution >= 0.6 is 15.9 Å². The second-order valence-corrected chi connectivity index (χ2v) is 8.01. The highest BCUT2D eigenvalue weighted by atomic mass is 79.9. The van der Waals surface area contributed by atoms with Gasteiger partial charge in [0.2, 0.25) is 0 Å². The van der Waals surface area contributed by atoms with Gasteiger partial charge in [-0.25, -0.2) is 0 Å². The summed E-state index contributed by atoms with van der Waals surface area (Å²) in [5.41, 5.74) is 2.42. The van der Waals surface area contributed by atoms with Gasteiger partial charge >= 0.3 is 0 Å². The first-order valence-corrected chi connectivity index (χ1v) is 10.7. The minimum atomic E-state index is -0.331. The number of para-hydroxylation sites is 1. The topological polar surface area (TPSA) is 60.0 Å². The molecule has 1 saturated heterocycles. The van der Waals surface area contributed by atoms with E-state index < -0.39 is 0 Å². The van der Waals surface area contributed by atoms with Gasteiger partial charge < -0.3 is 24.4 Å². The number of benzene rings is 2. The van der Waals surface area contributed by atoms with Crippen molar-refractivity contribution in [2.75, 3.05) is 32.2 Å². The van der Waals surface area contributed by atoms with Gasteiger partial charge in [0.25, 0.3) is 5.91 Å². The number of nitrogens with one attached hydrogen (secondary N) is 1. The van der Waals surface area contributed by atoms with Crippen molar-refractivity contribution >= 4 is 27.5 Å². The fourth-order valence-corrected chi connectivity index (χ4v) is 4.51. The van der Waals surface area contributed by atoms with E-state index >= 15 is 0 Å². The zero-order valence-corrected chi connectivity index (χ0v) is 18.2. The maximum Gasteiger partial charge on any atom is 0.257 e. The monoisotopic (exact) mass is 460 g/mol. The van der Waals surface area contributed by atoms with Crippen LogP contribution in [0.2, 0.25) is 0 Å². The van der Waals surface area contributed by atoms with E-state index in [-0.39, 0.29) is 18.2 Å². The third kappa shape index (κ3) is 3.94. The molecule has 1 N–H and O–H groups in total. The lowest BCUT2D eigenvalue weighted by Crippen LogP contribution is -2.46. The number of carbonyl (C=O) groups excluding carboxylic acids is 1. The molecular weight excluding hydrogens is 436 g/mol. The summed E-state index contributed by atoms with van der Waals surface area (Å²) < 4.78 is 17.9.